The molecule has 1 aromatic carbocycles. The fourth-order valence-corrected chi connectivity index (χ4v) is 3.50. The zero-order valence-corrected chi connectivity index (χ0v) is 17.8. The summed E-state index contributed by atoms with van der Waals surface area (Å²) in [6.45, 7) is 7.04. The highest BCUT2D eigenvalue weighted by atomic mass is 79.9. The standard InChI is InChI=1S/C19H29BrN4O3/c1-4-21-18(22-13-14-6-7-17(26-3)16(20)12-14)23-15-8-10-24(11-9-15)19(25)27-5-2/h6-7,12,15H,4-5,8-11,13H2,1-3H3,(H2,21,22,23). The molecule has 7 nitrogen and oxygen atoms in total. The van der Waals surface area contributed by atoms with Crippen LogP contribution in [0.15, 0.2) is 27.7 Å². The normalized spacial score (nSPS) is 15.4. The van der Waals surface area contributed by atoms with Gasteiger partial charge in [-0.1, -0.05) is 6.07 Å². The highest BCUT2D eigenvalue weighted by Crippen LogP contribution is 2.25. The predicted molar refractivity (Wildman–Crippen MR) is 110 cm³/mol. The Bertz CT molecular complexity index is 646. The molecular formula is C19H29BrN4O3. The van der Waals surface area contributed by atoms with Crippen molar-refractivity contribution in [3.63, 3.8) is 0 Å². The van der Waals surface area contributed by atoms with Crippen molar-refractivity contribution in [2.45, 2.75) is 39.3 Å². The van der Waals surface area contributed by atoms with Gasteiger partial charge in [-0.3, -0.25) is 0 Å². The largest absolute Gasteiger partial charge is 0.496 e. The first-order valence-electron chi connectivity index (χ1n) is 9.36. The number of carbonyl (C=O) groups is 1. The molecule has 1 aliphatic heterocycles. The van der Waals surface area contributed by atoms with E-state index in [0.717, 1.165) is 41.1 Å². The van der Waals surface area contributed by atoms with E-state index < -0.39 is 0 Å². The van der Waals surface area contributed by atoms with E-state index in [1.54, 1.807) is 12.0 Å². The number of benzene rings is 1. The van der Waals surface area contributed by atoms with Gasteiger partial charge in [0.1, 0.15) is 5.75 Å². The Morgan fingerprint density at radius 1 is 1.33 bits per heavy atom. The highest BCUT2D eigenvalue weighted by Gasteiger charge is 2.24. The van der Waals surface area contributed by atoms with Crippen LogP contribution in [-0.2, 0) is 11.3 Å². The molecule has 2 N–H and O–H groups in total. The highest BCUT2D eigenvalue weighted by molar-refractivity contribution is 9.10. The summed E-state index contributed by atoms with van der Waals surface area (Å²) in [6.07, 6.45) is 1.52. The molecule has 1 saturated heterocycles. The van der Waals surface area contributed by atoms with E-state index in [2.05, 4.69) is 31.6 Å². The number of amides is 1. The van der Waals surface area contributed by atoms with Gasteiger partial charge in [-0.15, -0.1) is 0 Å². The van der Waals surface area contributed by atoms with Crippen LogP contribution in [0.4, 0.5) is 4.79 Å². The topological polar surface area (TPSA) is 75.2 Å². The Morgan fingerprint density at radius 2 is 2.07 bits per heavy atom. The van der Waals surface area contributed by atoms with Crippen LogP contribution in [0.3, 0.4) is 0 Å². The van der Waals surface area contributed by atoms with Crippen molar-refractivity contribution in [1.82, 2.24) is 15.5 Å². The summed E-state index contributed by atoms with van der Waals surface area (Å²) in [6, 6.07) is 6.24. The average Bonchev–Trinajstić information content (AvgIpc) is 2.67. The number of hydrogen-bond acceptors (Lipinski definition) is 4. The van der Waals surface area contributed by atoms with Gasteiger partial charge in [0.25, 0.3) is 0 Å². The second-order valence-corrected chi connectivity index (χ2v) is 7.12. The summed E-state index contributed by atoms with van der Waals surface area (Å²) < 4.78 is 11.2. The number of likely N-dealkylation sites (tertiary alicyclic amines) is 1. The van der Waals surface area contributed by atoms with Crippen LogP contribution in [0, 0.1) is 0 Å². The minimum absolute atomic E-state index is 0.221. The van der Waals surface area contributed by atoms with Crippen molar-refractivity contribution in [3.05, 3.63) is 28.2 Å². The van der Waals surface area contributed by atoms with Gasteiger partial charge in [0, 0.05) is 25.7 Å². The first-order chi connectivity index (χ1) is 13.1. The van der Waals surface area contributed by atoms with E-state index >= 15 is 0 Å². The summed E-state index contributed by atoms with van der Waals surface area (Å²) in [5.41, 5.74) is 1.09. The van der Waals surface area contributed by atoms with Crippen LogP contribution in [0.1, 0.15) is 32.3 Å². The van der Waals surface area contributed by atoms with Gasteiger partial charge in [0.05, 0.1) is 24.7 Å². The third kappa shape index (κ3) is 6.61. The van der Waals surface area contributed by atoms with E-state index in [1.165, 1.54) is 0 Å². The summed E-state index contributed by atoms with van der Waals surface area (Å²) >= 11 is 3.51. The van der Waals surface area contributed by atoms with Gasteiger partial charge in [-0.25, -0.2) is 9.79 Å². The Kier molecular flexibility index (Phi) is 8.71. The third-order valence-corrected chi connectivity index (χ3v) is 4.96. The molecule has 0 unspecified atom stereocenters. The molecular weight excluding hydrogens is 412 g/mol. The SMILES string of the molecule is CCNC(=NCc1ccc(OC)c(Br)c1)NC1CCN(C(=O)OCC)CC1. The van der Waals surface area contributed by atoms with Crippen LogP contribution in [0.2, 0.25) is 0 Å². The summed E-state index contributed by atoms with van der Waals surface area (Å²) in [5, 5.41) is 6.77. The number of rotatable bonds is 6. The molecule has 0 atom stereocenters. The fourth-order valence-electron chi connectivity index (χ4n) is 2.91. The molecule has 1 amide bonds. The van der Waals surface area contributed by atoms with Crippen molar-refractivity contribution in [2.75, 3.05) is 33.4 Å². The number of nitrogens with one attached hydrogen (secondary N) is 2. The number of guanidine groups is 1. The summed E-state index contributed by atoms with van der Waals surface area (Å²) in [4.78, 5) is 18.2. The Morgan fingerprint density at radius 3 is 2.67 bits per heavy atom. The van der Waals surface area contributed by atoms with Gasteiger partial charge in [-0.05, 0) is 60.3 Å². The van der Waals surface area contributed by atoms with Gasteiger partial charge >= 0.3 is 6.09 Å². The molecule has 1 heterocycles. The zero-order valence-electron chi connectivity index (χ0n) is 16.3. The van der Waals surface area contributed by atoms with E-state index in [-0.39, 0.29) is 12.1 Å². The number of nitrogens with zero attached hydrogens (tertiary/aromatic N) is 2. The van der Waals surface area contributed by atoms with Crippen molar-refractivity contribution in [3.8, 4) is 5.75 Å². The van der Waals surface area contributed by atoms with Gasteiger partial charge in [-0.2, -0.15) is 0 Å². The van der Waals surface area contributed by atoms with Crippen molar-refractivity contribution in [2.24, 2.45) is 4.99 Å². The number of aliphatic imine (C=N–C) groups is 1. The van der Waals surface area contributed by atoms with Gasteiger partial charge in [0.2, 0.25) is 0 Å². The molecule has 0 aromatic heterocycles. The second kappa shape index (κ2) is 11.0. The zero-order chi connectivity index (χ0) is 19.6. The van der Waals surface area contributed by atoms with Crippen molar-refractivity contribution in [1.29, 1.82) is 0 Å². The van der Waals surface area contributed by atoms with E-state index in [4.69, 9.17) is 9.47 Å². The summed E-state index contributed by atoms with van der Waals surface area (Å²) in [7, 11) is 1.65. The van der Waals surface area contributed by atoms with Crippen LogP contribution >= 0.6 is 15.9 Å². The number of carbonyl (C=O) groups excluding carboxylic acids is 1. The number of methoxy groups -OCH3 is 1. The number of ether oxygens (including phenoxy) is 2. The molecule has 2 rings (SSSR count). The number of piperidine rings is 1. The Balaban J connectivity index is 1.90. The lowest BCUT2D eigenvalue weighted by atomic mass is 10.1. The van der Waals surface area contributed by atoms with E-state index in [1.807, 2.05) is 32.0 Å². The van der Waals surface area contributed by atoms with Crippen molar-refractivity contribution >= 4 is 28.0 Å². The van der Waals surface area contributed by atoms with E-state index in [0.29, 0.717) is 26.2 Å². The lowest BCUT2D eigenvalue weighted by Gasteiger charge is -2.32. The molecule has 0 saturated carbocycles. The molecule has 0 bridgehead atoms. The molecule has 1 aliphatic rings. The van der Waals surface area contributed by atoms with Crippen LogP contribution in [0.5, 0.6) is 5.75 Å². The Hall–Kier alpha value is -1.96. The van der Waals surface area contributed by atoms with Crippen LogP contribution in [-0.4, -0.2) is 56.3 Å². The van der Waals surface area contributed by atoms with Gasteiger partial charge in [0.15, 0.2) is 5.96 Å². The average molecular weight is 441 g/mol. The van der Waals surface area contributed by atoms with Crippen LogP contribution < -0.4 is 15.4 Å². The maximum absolute atomic E-state index is 11.8. The predicted octanol–water partition coefficient (Wildman–Crippen LogP) is 3.13. The second-order valence-electron chi connectivity index (χ2n) is 6.27. The molecule has 27 heavy (non-hydrogen) atoms. The smallest absolute Gasteiger partial charge is 0.409 e. The molecule has 0 spiro atoms. The first kappa shape index (κ1) is 21.3. The van der Waals surface area contributed by atoms with Crippen LogP contribution in [0.25, 0.3) is 0 Å². The number of hydrogen-bond donors (Lipinski definition) is 2. The molecule has 150 valence electrons. The minimum atomic E-state index is -0.221. The molecule has 0 aliphatic carbocycles. The summed E-state index contributed by atoms with van der Waals surface area (Å²) in [5.74, 6) is 1.60. The first-order valence-corrected chi connectivity index (χ1v) is 10.2. The monoisotopic (exact) mass is 440 g/mol. The lowest BCUT2D eigenvalue weighted by molar-refractivity contribution is 0.0963. The molecule has 0 radical (unpaired) electrons. The molecule has 1 aromatic rings. The number of halogens is 1. The van der Waals surface area contributed by atoms with Gasteiger partial charge < -0.3 is 25.0 Å². The molecule has 8 heteroatoms. The maximum atomic E-state index is 11.8. The molecule has 1 fully saturated rings. The fraction of sp³-hybridized carbons (Fsp3) is 0.579. The van der Waals surface area contributed by atoms with Crippen molar-refractivity contribution < 1.29 is 14.3 Å². The van der Waals surface area contributed by atoms with E-state index in [9.17, 15) is 4.79 Å². The minimum Gasteiger partial charge on any atom is -0.496 e. The lowest BCUT2D eigenvalue weighted by Crippen LogP contribution is -2.49. The third-order valence-electron chi connectivity index (χ3n) is 4.34. The quantitative estimate of drug-likeness (QED) is 0.524. The Labute approximate surface area is 169 Å². The maximum Gasteiger partial charge on any atom is 0.409 e.